The maximum atomic E-state index is 12.6. The number of alkyl halides is 3. The van der Waals surface area contributed by atoms with E-state index in [9.17, 15) is 13.2 Å². The van der Waals surface area contributed by atoms with Crippen LogP contribution < -0.4 is 11.1 Å². The fraction of sp³-hybridized carbons (Fsp3) is 0.583. The zero-order valence-electron chi connectivity index (χ0n) is 10.3. The van der Waals surface area contributed by atoms with Gasteiger partial charge in [0.15, 0.2) is 0 Å². The van der Waals surface area contributed by atoms with Crippen LogP contribution in [0.3, 0.4) is 0 Å². The summed E-state index contributed by atoms with van der Waals surface area (Å²) >= 11 is 0. The van der Waals surface area contributed by atoms with E-state index in [0.29, 0.717) is 11.6 Å². The van der Waals surface area contributed by atoms with Crippen molar-refractivity contribution in [3.63, 3.8) is 0 Å². The summed E-state index contributed by atoms with van der Waals surface area (Å²) in [5.74, 6) is 0.486. The van der Waals surface area contributed by atoms with Gasteiger partial charge in [-0.05, 0) is 38.7 Å². The van der Waals surface area contributed by atoms with E-state index in [1.165, 1.54) is 0 Å². The van der Waals surface area contributed by atoms with Crippen molar-refractivity contribution in [2.45, 2.75) is 38.4 Å². The van der Waals surface area contributed by atoms with Gasteiger partial charge in [-0.25, -0.2) is 4.98 Å². The third-order valence-corrected chi connectivity index (χ3v) is 3.28. The third kappa shape index (κ3) is 2.68. The molecule has 3 N–H and O–H groups in total. The van der Waals surface area contributed by atoms with E-state index in [2.05, 4.69) is 10.3 Å². The minimum atomic E-state index is -4.45. The summed E-state index contributed by atoms with van der Waals surface area (Å²) in [6.45, 7) is 3.94. The maximum absolute atomic E-state index is 12.6. The lowest BCUT2D eigenvalue weighted by molar-refractivity contribution is -0.141. The van der Waals surface area contributed by atoms with Crippen molar-refractivity contribution in [1.29, 1.82) is 0 Å². The standard InChI is InChI=1S/C12H16F3N3/c1-11(2,7-3-4-7)18-9-5-10(12(13,14)15)17-6-8(9)16/h5-7H,3-4,16H2,1-2H3,(H,17,18). The third-order valence-electron chi connectivity index (χ3n) is 3.28. The van der Waals surface area contributed by atoms with Gasteiger partial charge in [0.1, 0.15) is 5.69 Å². The van der Waals surface area contributed by atoms with Crippen LogP contribution in [0.25, 0.3) is 0 Å². The Morgan fingerprint density at radius 3 is 2.44 bits per heavy atom. The monoisotopic (exact) mass is 259 g/mol. The van der Waals surface area contributed by atoms with E-state index in [4.69, 9.17) is 5.73 Å². The fourth-order valence-electron chi connectivity index (χ4n) is 1.98. The summed E-state index contributed by atoms with van der Waals surface area (Å²) in [6.07, 6.45) is -1.21. The molecule has 0 unspecified atom stereocenters. The molecule has 3 nitrogen and oxygen atoms in total. The smallest absolute Gasteiger partial charge is 0.396 e. The Labute approximate surface area is 104 Å². The number of anilines is 2. The summed E-state index contributed by atoms with van der Waals surface area (Å²) in [4.78, 5) is 3.31. The SMILES string of the molecule is CC(C)(Nc1cc(C(F)(F)F)ncc1N)C1CC1. The lowest BCUT2D eigenvalue weighted by atomic mass is 9.98. The minimum absolute atomic E-state index is 0.233. The lowest BCUT2D eigenvalue weighted by Crippen LogP contribution is -2.33. The molecule has 0 aliphatic heterocycles. The topological polar surface area (TPSA) is 50.9 Å². The van der Waals surface area contributed by atoms with Gasteiger partial charge in [0, 0.05) is 5.54 Å². The van der Waals surface area contributed by atoms with Crippen LogP contribution in [0, 0.1) is 5.92 Å². The molecule has 0 bridgehead atoms. The molecule has 1 aromatic rings. The molecule has 0 radical (unpaired) electrons. The zero-order valence-corrected chi connectivity index (χ0v) is 10.3. The highest BCUT2D eigenvalue weighted by Gasteiger charge is 2.39. The molecule has 0 aromatic carbocycles. The van der Waals surface area contributed by atoms with E-state index in [1.807, 2.05) is 13.8 Å². The van der Waals surface area contributed by atoms with Gasteiger partial charge in [-0.3, -0.25) is 0 Å². The summed E-state index contributed by atoms with van der Waals surface area (Å²) in [5, 5.41) is 3.10. The fourth-order valence-corrected chi connectivity index (χ4v) is 1.98. The molecule has 0 amide bonds. The van der Waals surface area contributed by atoms with Crippen molar-refractivity contribution in [3.8, 4) is 0 Å². The van der Waals surface area contributed by atoms with Crippen LogP contribution in [0.2, 0.25) is 0 Å². The predicted molar refractivity (Wildman–Crippen MR) is 64.1 cm³/mol. The molecule has 18 heavy (non-hydrogen) atoms. The Kier molecular flexibility index (Phi) is 2.91. The van der Waals surface area contributed by atoms with E-state index in [-0.39, 0.29) is 11.2 Å². The molecular formula is C12H16F3N3. The highest BCUT2D eigenvalue weighted by atomic mass is 19.4. The van der Waals surface area contributed by atoms with E-state index in [1.54, 1.807) is 0 Å². The number of hydrogen-bond acceptors (Lipinski definition) is 3. The molecule has 1 aromatic heterocycles. The second-order valence-corrected chi connectivity index (χ2v) is 5.28. The van der Waals surface area contributed by atoms with E-state index < -0.39 is 11.9 Å². The van der Waals surface area contributed by atoms with Crippen molar-refractivity contribution in [3.05, 3.63) is 18.0 Å². The Morgan fingerprint density at radius 2 is 1.94 bits per heavy atom. The van der Waals surface area contributed by atoms with Gasteiger partial charge in [0.2, 0.25) is 0 Å². The average Bonchev–Trinajstić information content (AvgIpc) is 3.02. The first kappa shape index (κ1) is 13.0. The molecule has 0 spiro atoms. The normalized spacial score (nSPS) is 16.7. The number of pyridine rings is 1. The molecule has 100 valence electrons. The number of aromatic nitrogens is 1. The Balaban J connectivity index is 2.26. The maximum Gasteiger partial charge on any atom is 0.433 e. The molecule has 1 fully saturated rings. The average molecular weight is 259 g/mol. The molecule has 1 aliphatic rings. The molecule has 2 rings (SSSR count). The van der Waals surface area contributed by atoms with E-state index >= 15 is 0 Å². The van der Waals surface area contributed by atoms with Gasteiger partial charge in [-0.15, -0.1) is 0 Å². The summed E-state index contributed by atoms with van der Waals surface area (Å²) < 4.78 is 37.7. The van der Waals surface area contributed by atoms with Gasteiger partial charge in [-0.2, -0.15) is 13.2 Å². The highest BCUT2D eigenvalue weighted by molar-refractivity contribution is 5.66. The summed E-state index contributed by atoms with van der Waals surface area (Å²) in [7, 11) is 0. The van der Waals surface area contributed by atoms with Gasteiger partial charge in [-0.1, -0.05) is 0 Å². The lowest BCUT2D eigenvalue weighted by Gasteiger charge is -2.28. The van der Waals surface area contributed by atoms with Crippen LogP contribution in [-0.2, 0) is 6.18 Å². The predicted octanol–water partition coefficient (Wildman–Crippen LogP) is 3.28. The molecule has 0 saturated heterocycles. The first-order chi connectivity index (χ1) is 8.20. The molecule has 1 heterocycles. The molecular weight excluding hydrogens is 243 g/mol. The van der Waals surface area contributed by atoms with Crippen LogP contribution in [0.15, 0.2) is 12.3 Å². The van der Waals surface area contributed by atoms with Crippen LogP contribution in [-0.4, -0.2) is 10.5 Å². The first-order valence-corrected chi connectivity index (χ1v) is 5.81. The second-order valence-electron chi connectivity index (χ2n) is 5.28. The first-order valence-electron chi connectivity index (χ1n) is 5.81. The van der Waals surface area contributed by atoms with Crippen molar-refractivity contribution >= 4 is 11.4 Å². The number of rotatable bonds is 3. The zero-order chi connectivity index (χ0) is 13.6. The second kappa shape index (κ2) is 4.03. The summed E-state index contributed by atoms with van der Waals surface area (Å²) in [5.41, 5.74) is 5.02. The van der Waals surface area contributed by atoms with Gasteiger partial charge in [0.25, 0.3) is 0 Å². The van der Waals surface area contributed by atoms with Crippen LogP contribution in [0.5, 0.6) is 0 Å². The number of hydrogen-bond donors (Lipinski definition) is 2. The number of halogens is 3. The van der Waals surface area contributed by atoms with Crippen molar-refractivity contribution < 1.29 is 13.2 Å². The van der Waals surface area contributed by atoms with E-state index in [0.717, 1.165) is 25.1 Å². The summed E-state index contributed by atoms with van der Waals surface area (Å²) in [6, 6.07) is 0.972. The Hall–Kier alpha value is -1.46. The van der Waals surface area contributed by atoms with Crippen molar-refractivity contribution in [2.24, 2.45) is 5.92 Å². The largest absolute Gasteiger partial charge is 0.433 e. The molecule has 1 aliphatic carbocycles. The minimum Gasteiger partial charge on any atom is -0.396 e. The van der Waals surface area contributed by atoms with Gasteiger partial charge >= 0.3 is 6.18 Å². The molecule has 0 atom stereocenters. The number of nitrogens with one attached hydrogen (secondary N) is 1. The number of nitrogen functional groups attached to an aromatic ring is 1. The van der Waals surface area contributed by atoms with Crippen molar-refractivity contribution in [2.75, 3.05) is 11.1 Å². The van der Waals surface area contributed by atoms with Crippen LogP contribution in [0.4, 0.5) is 24.5 Å². The van der Waals surface area contributed by atoms with Gasteiger partial charge < -0.3 is 11.1 Å². The molecule has 6 heteroatoms. The Bertz CT molecular complexity index is 450. The quantitative estimate of drug-likeness (QED) is 0.875. The Morgan fingerprint density at radius 1 is 1.33 bits per heavy atom. The number of nitrogens with zero attached hydrogens (tertiary/aromatic N) is 1. The van der Waals surface area contributed by atoms with Gasteiger partial charge in [0.05, 0.1) is 17.6 Å². The highest BCUT2D eigenvalue weighted by Crippen LogP contribution is 2.42. The van der Waals surface area contributed by atoms with Crippen LogP contribution >= 0.6 is 0 Å². The number of nitrogens with two attached hydrogens (primary N) is 1. The molecule has 1 saturated carbocycles. The van der Waals surface area contributed by atoms with Crippen LogP contribution in [0.1, 0.15) is 32.4 Å². The van der Waals surface area contributed by atoms with Crippen molar-refractivity contribution in [1.82, 2.24) is 4.98 Å².